The zero-order valence-corrected chi connectivity index (χ0v) is 13.7. The maximum Gasteiger partial charge on any atom is 0.315 e. The minimum Gasteiger partial charge on any atom is -0.338 e. The van der Waals surface area contributed by atoms with Crippen LogP contribution in [0.3, 0.4) is 0 Å². The Hall–Kier alpha value is -0.970. The van der Waals surface area contributed by atoms with Crippen LogP contribution in [0.25, 0.3) is 0 Å². The Morgan fingerprint density at radius 1 is 1.29 bits per heavy atom. The summed E-state index contributed by atoms with van der Waals surface area (Å²) in [5.74, 6) is 0. The highest BCUT2D eigenvalue weighted by molar-refractivity contribution is 6.35. The number of halogens is 2. The molecule has 4 nitrogen and oxygen atoms in total. The molecule has 0 unspecified atom stereocenters. The largest absolute Gasteiger partial charge is 0.338 e. The second-order valence-electron chi connectivity index (χ2n) is 5.43. The lowest BCUT2D eigenvalue weighted by molar-refractivity contribution is 0.214. The van der Waals surface area contributed by atoms with E-state index in [2.05, 4.69) is 22.6 Å². The molecule has 116 valence electrons. The summed E-state index contributed by atoms with van der Waals surface area (Å²) in [4.78, 5) is 14.1. The van der Waals surface area contributed by atoms with Crippen LogP contribution in [0.4, 0.5) is 4.79 Å². The predicted molar refractivity (Wildman–Crippen MR) is 87.2 cm³/mol. The Labute approximate surface area is 135 Å². The molecule has 0 aromatic heterocycles. The standard InChI is InChI=1S/C15H21Cl2N3O/c1-20-9-6-11(7-10-20)19-15(21)18-8-5-12-13(16)3-2-4-14(12)17/h2-4,11H,5-10H2,1H3,(H2,18,19,21). The molecule has 0 atom stereocenters. The molecule has 1 aromatic rings. The van der Waals surface area contributed by atoms with Gasteiger partial charge in [0.1, 0.15) is 0 Å². The number of carbonyl (C=O) groups is 1. The van der Waals surface area contributed by atoms with Crippen LogP contribution >= 0.6 is 23.2 Å². The number of nitrogens with one attached hydrogen (secondary N) is 2. The Kier molecular flexibility index (Phi) is 6.15. The Bertz CT molecular complexity index is 468. The van der Waals surface area contributed by atoms with Gasteiger partial charge in [-0.2, -0.15) is 0 Å². The molecule has 1 heterocycles. The van der Waals surface area contributed by atoms with Gasteiger partial charge in [-0.1, -0.05) is 29.3 Å². The lowest BCUT2D eigenvalue weighted by atomic mass is 10.1. The van der Waals surface area contributed by atoms with Crippen molar-refractivity contribution < 1.29 is 4.79 Å². The van der Waals surface area contributed by atoms with Gasteiger partial charge in [-0.05, 0) is 57.1 Å². The third-order valence-electron chi connectivity index (χ3n) is 3.78. The van der Waals surface area contributed by atoms with Crippen LogP contribution in [0.2, 0.25) is 10.0 Å². The fourth-order valence-electron chi connectivity index (χ4n) is 2.46. The summed E-state index contributed by atoms with van der Waals surface area (Å²) >= 11 is 12.2. The summed E-state index contributed by atoms with van der Waals surface area (Å²) in [7, 11) is 2.10. The molecule has 0 radical (unpaired) electrons. The van der Waals surface area contributed by atoms with Gasteiger partial charge < -0.3 is 15.5 Å². The van der Waals surface area contributed by atoms with E-state index in [0.29, 0.717) is 23.0 Å². The van der Waals surface area contributed by atoms with Crippen LogP contribution in [0.15, 0.2) is 18.2 Å². The van der Waals surface area contributed by atoms with E-state index in [1.807, 2.05) is 6.07 Å². The first kappa shape index (κ1) is 16.4. The van der Waals surface area contributed by atoms with Crippen molar-refractivity contribution in [3.63, 3.8) is 0 Å². The van der Waals surface area contributed by atoms with Crippen molar-refractivity contribution in [1.29, 1.82) is 0 Å². The summed E-state index contributed by atoms with van der Waals surface area (Å²) in [5.41, 5.74) is 0.875. The smallest absolute Gasteiger partial charge is 0.315 e. The molecule has 0 bridgehead atoms. The number of amides is 2. The number of hydrogen-bond donors (Lipinski definition) is 2. The van der Waals surface area contributed by atoms with Crippen LogP contribution in [0.5, 0.6) is 0 Å². The normalized spacial score (nSPS) is 16.7. The molecule has 0 aliphatic carbocycles. The maximum atomic E-state index is 11.9. The Morgan fingerprint density at radius 2 is 1.90 bits per heavy atom. The molecule has 1 aromatic carbocycles. The Balaban J connectivity index is 1.72. The SMILES string of the molecule is CN1CCC(NC(=O)NCCc2c(Cl)cccc2Cl)CC1. The quantitative estimate of drug-likeness (QED) is 0.892. The highest BCUT2D eigenvalue weighted by Gasteiger charge is 2.18. The van der Waals surface area contributed by atoms with E-state index in [1.54, 1.807) is 12.1 Å². The Morgan fingerprint density at radius 3 is 2.52 bits per heavy atom. The molecular weight excluding hydrogens is 309 g/mol. The van der Waals surface area contributed by atoms with Gasteiger partial charge in [0.15, 0.2) is 0 Å². The molecule has 2 rings (SSSR count). The number of nitrogens with zero attached hydrogens (tertiary/aromatic N) is 1. The summed E-state index contributed by atoms with van der Waals surface area (Å²) in [6.07, 6.45) is 2.62. The third kappa shape index (κ3) is 5.06. The molecule has 2 N–H and O–H groups in total. The van der Waals surface area contributed by atoms with E-state index in [-0.39, 0.29) is 12.1 Å². The first-order valence-corrected chi connectivity index (χ1v) is 7.97. The summed E-state index contributed by atoms with van der Waals surface area (Å²) in [6.45, 7) is 2.57. The van der Waals surface area contributed by atoms with E-state index in [4.69, 9.17) is 23.2 Å². The second-order valence-corrected chi connectivity index (χ2v) is 6.24. The molecule has 21 heavy (non-hydrogen) atoms. The number of urea groups is 1. The molecule has 2 amide bonds. The number of hydrogen-bond acceptors (Lipinski definition) is 2. The summed E-state index contributed by atoms with van der Waals surface area (Å²) in [5, 5.41) is 7.15. The van der Waals surface area contributed by atoms with Gasteiger partial charge in [0, 0.05) is 22.6 Å². The average Bonchev–Trinajstić information content (AvgIpc) is 2.45. The third-order valence-corrected chi connectivity index (χ3v) is 4.48. The fourth-order valence-corrected chi connectivity index (χ4v) is 3.05. The topological polar surface area (TPSA) is 44.4 Å². The monoisotopic (exact) mass is 329 g/mol. The fraction of sp³-hybridized carbons (Fsp3) is 0.533. The number of carbonyl (C=O) groups excluding carboxylic acids is 1. The van der Waals surface area contributed by atoms with Gasteiger partial charge in [-0.3, -0.25) is 0 Å². The number of benzene rings is 1. The number of likely N-dealkylation sites (tertiary alicyclic amines) is 1. The molecule has 1 aliphatic rings. The minimum absolute atomic E-state index is 0.118. The van der Waals surface area contributed by atoms with Crippen LogP contribution in [-0.2, 0) is 6.42 Å². The zero-order chi connectivity index (χ0) is 15.2. The van der Waals surface area contributed by atoms with Crippen LogP contribution in [0, 0.1) is 0 Å². The number of rotatable bonds is 4. The van der Waals surface area contributed by atoms with Gasteiger partial charge in [0.25, 0.3) is 0 Å². The molecule has 6 heteroatoms. The lowest BCUT2D eigenvalue weighted by Gasteiger charge is -2.29. The molecule has 0 spiro atoms. The van der Waals surface area contributed by atoms with Gasteiger partial charge in [0.05, 0.1) is 0 Å². The van der Waals surface area contributed by atoms with Crippen LogP contribution < -0.4 is 10.6 Å². The van der Waals surface area contributed by atoms with E-state index in [9.17, 15) is 4.79 Å². The summed E-state index contributed by atoms with van der Waals surface area (Å²) < 4.78 is 0. The van der Waals surface area contributed by atoms with E-state index >= 15 is 0 Å². The van der Waals surface area contributed by atoms with Gasteiger partial charge in [-0.15, -0.1) is 0 Å². The van der Waals surface area contributed by atoms with Crippen molar-refractivity contribution in [2.24, 2.45) is 0 Å². The maximum absolute atomic E-state index is 11.9. The predicted octanol–water partition coefficient (Wildman–Crippen LogP) is 2.93. The van der Waals surface area contributed by atoms with Crippen molar-refractivity contribution in [1.82, 2.24) is 15.5 Å². The van der Waals surface area contributed by atoms with Gasteiger partial charge in [0.2, 0.25) is 0 Å². The summed E-state index contributed by atoms with van der Waals surface area (Å²) in [6, 6.07) is 5.58. The van der Waals surface area contributed by atoms with Crippen molar-refractivity contribution >= 4 is 29.2 Å². The molecule has 0 saturated carbocycles. The molecule has 1 saturated heterocycles. The minimum atomic E-state index is -0.118. The first-order chi connectivity index (χ1) is 10.1. The van der Waals surface area contributed by atoms with E-state index in [1.165, 1.54) is 0 Å². The molecular formula is C15H21Cl2N3O. The van der Waals surface area contributed by atoms with Crippen molar-refractivity contribution in [3.05, 3.63) is 33.8 Å². The van der Waals surface area contributed by atoms with Crippen molar-refractivity contribution in [2.45, 2.75) is 25.3 Å². The number of piperidine rings is 1. The first-order valence-electron chi connectivity index (χ1n) is 7.22. The average molecular weight is 330 g/mol. The van der Waals surface area contributed by atoms with Crippen molar-refractivity contribution in [2.75, 3.05) is 26.7 Å². The van der Waals surface area contributed by atoms with Crippen molar-refractivity contribution in [3.8, 4) is 0 Å². The lowest BCUT2D eigenvalue weighted by Crippen LogP contribution is -2.47. The van der Waals surface area contributed by atoms with E-state index in [0.717, 1.165) is 31.5 Å². The van der Waals surface area contributed by atoms with Crippen LogP contribution in [0.1, 0.15) is 18.4 Å². The highest BCUT2D eigenvalue weighted by atomic mass is 35.5. The zero-order valence-electron chi connectivity index (χ0n) is 12.2. The molecule has 1 aliphatic heterocycles. The van der Waals surface area contributed by atoms with Gasteiger partial charge in [-0.25, -0.2) is 4.79 Å². The highest BCUT2D eigenvalue weighted by Crippen LogP contribution is 2.24. The second kappa shape index (κ2) is 7.87. The van der Waals surface area contributed by atoms with Gasteiger partial charge >= 0.3 is 6.03 Å². The van der Waals surface area contributed by atoms with Crippen LogP contribution in [-0.4, -0.2) is 43.7 Å². The van der Waals surface area contributed by atoms with E-state index < -0.39 is 0 Å². The molecule has 1 fully saturated rings.